The Kier molecular flexibility index (Phi) is 4.67. The quantitative estimate of drug-likeness (QED) is 0.757. The van der Waals surface area contributed by atoms with Crippen LogP contribution in [0.15, 0.2) is 24.3 Å². The number of hydrogen-bond acceptors (Lipinski definition) is 3. The maximum absolute atomic E-state index is 11.3. The molecule has 0 aromatic heterocycles. The molecule has 0 saturated carbocycles. The molecule has 0 heterocycles. The van der Waals surface area contributed by atoms with E-state index in [2.05, 4.69) is 10.6 Å². The molecule has 1 rings (SSSR count). The second-order valence-electron chi connectivity index (χ2n) is 2.89. The number of benzene rings is 1. The number of anilines is 1. The van der Waals surface area contributed by atoms with Crippen LogP contribution >= 0.6 is 0 Å². The zero-order valence-electron chi connectivity index (χ0n) is 8.99. The molecule has 5 heteroatoms. The van der Waals surface area contributed by atoms with Crippen LogP contribution in [0.2, 0.25) is 0 Å². The molecule has 16 heavy (non-hydrogen) atoms. The van der Waals surface area contributed by atoms with E-state index >= 15 is 0 Å². The van der Waals surface area contributed by atoms with Crippen molar-refractivity contribution in [2.45, 2.75) is 6.92 Å². The molecule has 0 fully saturated rings. The van der Waals surface area contributed by atoms with Crippen molar-refractivity contribution in [2.75, 3.05) is 18.5 Å². The zero-order valence-corrected chi connectivity index (χ0v) is 8.99. The predicted molar refractivity (Wildman–Crippen MR) is 60.2 cm³/mol. The fraction of sp³-hybridized carbons (Fsp3) is 0.273. The molecule has 0 spiro atoms. The van der Waals surface area contributed by atoms with Crippen molar-refractivity contribution in [1.82, 2.24) is 5.32 Å². The largest absolute Gasteiger partial charge is 0.492 e. The number of ether oxygens (including phenoxy) is 1. The Balaban J connectivity index is 2.65. The minimum absolute atomic E-state index is 0.0252. The minimum Gasteiger partial charge on any atom is -0.492 e. The maximum Gasteiger partial charge on any atom is 0.320 e. The first-order chi connectivity index (χ1) is 7.77. The van der Waals surface area contributed by atoms with Crippen molar-refractivity contribution >= 4 is 11.7 Å². The molecule has 0 aliphatic heterocycles. The van der Waals surface area contributed by atoms with E-state index in [-0.39, 0.29) is 6.54 Å². The third-order valence-electron chi connectivity index (χ3n) is 1.76. The van der Waals surface area contributed by atoms with Gasteiger partial charge >= 0.3 is 6.03 Å². The molecular formula is C11H13N3O2. The van der Waals surface area contributed by atoms with Gasteiger partial charge in [-0.05, 0) is 19.1 Å². The van der Waals surface area contributed by atoms with Gasteiger partial charge in [0.1, 0.15) is 12.3 Å². The number of para-hydroxylation sites is 2. The summed E-state index contributed by atoms with van der Waals surface area (Å²) >= 11 is 0. The molecule has 0 radical (unpaired) electrons. The normalized spacial score (nSPS) is 9.00. The summed E-state index contributed by atoms with van der Waals surface area (Å²) in [6.45, 7) is 2.37. The second kappa shape index (κ2) is 6.30. The smallest absolute Gasteiger partial charge is 0.320 e. The molecule has 1 aromatic rings. The summed E-state index contributed by atoms with van der Waals surface area (Å²) in [5.41, 5.74) is 0.583. The summed E-state index contributed by atoms with van der Waals surface area (Å²) in [6.07, 6.45) is 0. The molecule has 0 unspecified atom stereocenters. The lowest BCUT2D eigenvalue weighted by molar-refractivity contribution is 0.253. The highest BCUT2D eigenvalue weighted by Gasteiger charge is 2.05. The van der Waals surface area contributed by atoms with Crippen LogP contribution in [0.25, 0.3) is 0 Å². The monoisotopic (exact) mass is 219 g/mol. The van der Waals surface area contributed by atoms with Gasteiger partial charge in [0.15, 0.2) is 0 Å². The fourth-order valence-electron chi connectivity index (χ4n) is 1.14. The van der Waals surface area contributed by atoms with Crippen molar-refractivity contribution in [3.63, 3.8) is 0 Å². The van der Waals surface area contributed by atoms with Crippen molar-refractivity contribution in [3.8, 4) is 11.8 Å². The van der Waals surface area contributed by atoms with Crippen LogP contribution in [0.3, 0.4) is 0 Å². The highest BCUT2D eigenvalue weighted by atomic mass is 16.5. The summed E-state index contributed by atoms with van der Waals surface area (Å²) in [5, 5.41) is 13.3. The lowest BCUT2D eigenvalue weighted by Crippen LogP contribution is -2.29. The Morgan fingerprint density at radius 1 is 1.50 bits per heavy atom. The lowest BCUT2D eigenvalue weighted by Gasteiger charge is -2.10. The van der Waals surface area contributed by atoms with Crippen LogP contribution in [-0.2, 0) is 0 Å². The van der Waals surface area contributed by atoms with E-state index in [1.165, 1.54) is 0 Å². The van der Waals surface area contributed by atoms with E-state index in [4.69, 9.17) is 10.00 Å². The number of carbonyl (C=O) groups excluding carboxylic acids is 1. The summed E-state index contributed by atoms with van der Waals surface area (Å²) in [7, 11) is 0. The number of nitrogens with one attached hydrogen (secondary N) is 2. The first kappa shape index (κ1) is 11.9. The molecule has 0 bridgehead atoms. The molecule has 84 valence electrons. The van der Waals surface area contributed by atoms with Gasteiger partial charge in [-0.25, -0.2) is 4.79 Å². The van der Waals surface area contributed by atoms with Gasteiger partial charge in [0.25, 0.3) is 0 Å². The highest BCUT2D eigenvalue weighted by molar-refractivity contribution is 5.90. The Hall–Kier alpha value is -2.22. The van der Waals surface area contributed by atoms with Crippen LogP contribution in [-0.4, -0.2) is 19.2 Å². The van der Waals surface area contributed by atoms with E-state index in [9.17, 15) is 4.79 Å². The maximum atomic E-state index is 11.3. The van der Waals surface area contributed by atoms with Crippen molar-refractivity contribution in [1.29, 1.82) is 5.26 Å². The summed E-state index contributed by atoms with van der Waals surface area (Å²) in [5.74, 6) is 0.608. The van der Waals surface area contributed by atoms with Crippen LogP contribution in [0, 0.1) is 11.3 Å². The molecule has 0 aliphatic rings. The number of urea groups is 1. The van der Waals surface area contributed by atoms with E-state index < -0.39 is 6.03 Å². The fourth-order valence-corrected chi connectivity index (χ4v) is 1.14. The summed E-state index contributed by atoms with van der Waals surface area (Å²) < 4.78 is 5.33. The SMILES string of the molecule is CCOc1ccccc1NC(=O)NCC#N. The number of nitrogens with zero attached hydrogens (tertiary/aromatic N) is 1. The van der Waals surface area contributed by atoms with Crippen molar-refractivity contribution < 1.29 is 9.53 Å². The average Bonchev–Trinajstić information content (AvgIpc) is 2.29. The first-order valence-corrected chi connectivity index (χ1v) is 4.91. The molecule has 0 saturated heterocycles. The van der Waals surface area contributed by atoms with E-state index in [1.807, 2.05) is 19.1 Å². The summed E-state index contributed by atoms with van der Waals surface area (Å²) in [6, 6.07) is 8.52. The topological polar surface area (TPSA) is 74.2 Å². The third-order valence-corrected chi connectivity index (χ3v) is 1.76. The van der Waals surface area contributed by atoms with E-state index in [0.717, 1.165) is 0 Å². The van der Waals surface area contributed by atoms with Gasteiger partial charge in [-0.2, -0.15) is 5.26 Å². The van der Waals surface area contributed by atoms with Gasteiger partial charge in [-0.3, -0.25) is 0 Å². The van der Waals surface area contributed by atoms with Crippen LogP contribution < -0.4 is 15.4 Å². The van der Waals surface area contributed by atoms with Gasteiger partial charge in [-0.1, -0.05) is 12.1 Å². The number of carbonyl (C=O) groups is 1. The first-order valence-electron chi connectivity index (χ1n) is 4.91. The predicted octanol–water partition coefficient (Wildman–Crippen LogP) is 1.73. The molecule has 0 aliphatic carbocycles. The molecule has 2 amide bonds. The van der Waals surface area contributed by atoms with Gasteiger partial charge in [-0.15, -0.1) is 0 Å². The Morgan fingerprint density at radius 2 is 2.25 bits per heavy atom. The van der Waals surface area contributed by atoms with Gasteiger partial charge in [0.2, 0.25) is 0 Å². The molecular weight excluding hydrogens is 206 g/mol. The highest BCUT2D eigenvalue weighted by Crippen LogP contribution is 2.23. The molecule has 1 aromatic carbocycles. The standard InChI is InChI=1S/C11H13N3O2/c1-2-16-10-6-4-3-5-9(10)14-11(15)13-8-7-12/h3-6H,2,8H2,1H3,(H2,13,14,15). The van der Waals surface area contributed by atoms with Crippen molar-refractivity contribution in [2.24, 2.45) is 0 Å². The van der Waals surface area contributed by atoms with E-state index in [1.54, 1.807) is 18.2 Å². The number of amides is 2. The second-order valence-corrected chi connectivity index (χ2v) is 2.89. The van der Waals surface area contributed by atoms with Crippen LogP contribution in [0.5, 0.6) is 5.75 Å². The van der Waals surface area contributed by atoms with Gasteiger partial charge < -0.3 is 15.4 Å². The van der Waals surface area contributed by atoms with Crippen LogP contribution in [0.4, 0.5) is 10.5 Å². The van der Waals surface area contributed by atoms with Crippen LogP contribution in [0.1, 0.15) is 6.92 Å². The third kappa shape index (κ3) is 3.50. The lowest BCUT2D eigenvalue weighted by atomic mass is 10.3. The Morgan fingerprint density at radius 3 is 2.94 bits per heavy atom. The van der Waals surface area contributed by atoms with E-state index in [0.29, 0.717) is 18.0 Å². The zero-order chi connectivity index (χ0) is 11.8. The Labute approximate surface area is 94.0 Å². The number of nitriles is 1. The molecule has 0 atom stereocenters. The number of rotatable bonds is 4. The molecule has 5 nitrogen and oxygen atoms in total. The van der Waals surface area contributed by atoms with Crippen molar-refractivity contribution in [3.05, 3.63) is 24.3 Å². The van der Waals surface area contributed by atoms with Gasteiger partial charge in [0, 0.05) is 0 Å². The summed E-state index contributed by atoms with van der Waals surface area (Å²) in [4.78, 5) is 11.3. The Bertz CT molecular complexity index is 398. The average molecular weight is 219 g/mol. The number of hydrogen-bond donors (Lipinski definition) is 2. The van der Waals surface area contributed by atoms with Gasteiger partial charge in [0.05, 0.1) is 18.4 Å². The minimum atomic E-state index is -0.422. The molecule has 2 N–H and O–H groups in total.